The van der Waals surface area contributed by atoms with Gasteiger partial charge >= 0.3 is 0 Å². The number of hydrogen-bond acceptors (Lipinski definition) is 5. The summed E-state index contributed by atoms with van der Waals surface area (Å²) in [4.78, 5) is 26.4. The topological polar surface area (TPSA) is 79.9 Å². The molecular weight excluding hydrogens is 382 g/mol. The molecule has 2 rings (SSSR count). The molecule has 0 aromatic heterocycles. The van der Waals surface area contributed by atoms with Crippen molar-refractivity contribution in [1.82, 2.24) is 10.2 Å². The Morgan fingerprint density at radius 1 is 0.967 bits per heavy atom. The number of methoxy groups -OCH3 is 2. The highest BCUT2D eigenvalue weighted by atomic mass is 16.5. The summed E-state index contributed by atoms with van der Waals surface area (Å²) < 4.78 is 10.6. The van der Waals surface area contributed by atoms with Crippen molar-refractivity contribution in [3.63, 3.8) is 0 Å². The number of carbonyl (C=O) groups is 2. The molecule has 30 heavy (non-hydrogen) atoms. The molecule has 162 valence electrons. The van der Waals surface area contributed by atoms with E-state index < -0.39 is 0 Å². The third-order valence-corrected chi connectivity index (χ3v) is 4.74. The van der Waals surface area contributed by atoms with Crippen molar-refractivity contribution in [1.29, 1.82) is 0 Å². The maximum Gasteiger partial charge on any atom is 0.243 e. The van der Waals surface area contributed by atoms with Crippen molar-refractivity contribution in [2.45, 2.75) is 27.3 Å². The summed E-state index contributed by atoms with van der Waals surface area (Å²) in [5, 5.41) is 5.56. The first-order valence-electron chi connectivity index (χ1n) is 9.77. The first-order valence-corrected chi connectivity index (χ1v) is 9.77. The molecule has 0 atom stereocenters. The van der Waals surface area contributed by atoms with Gasteiger partial charge < -0.3 is 20.1 Å². The number of carbonyl (C=O) groups excluding carboxylic acids is 2. The van der Waals surface area contributed by atoms with Gasteiger partial charge in [-0.2, -0.15) is 0 Å². The summed E-state index contributed by atoms with van der Waals surface area (Å²) in [7, 11) is 5.03. The fraction of sp³-hybridized carbons (Fsp3) is 0.391. The van der Waals surface area contributed by atoms with E-state index in [1.165, 1.54) is 0 Å². The van der Waals surface area contributed by atoms with Gasteiger partial charge in [-0.1, -0.05) is 23.8 Å². The van der Waals surface area contributed by atoms with Crippen molar-refractivity contribution >= 4 is 17.5 Å². The molecule has 0 heterocycles. The number of hydrogen-bond donors (Lipinski definition) is 2. The average molecular weight is 414 g/mol. The molecule has 0 aliphatic rings. The second-order valence-electron chi connectivity index (χ2n) is 7.45. The lowest BCUT2D eigenvalue weighted by Gasteiger charge is -2.18. The lowest BCUT2D eigenvalue weighted by Crippen LogP contribution is -2.39. The third-order valence-electron chi connectivity index (χ3n) is 4.74. The Balaban J connectivity index is 1.85. The van der Waals surface area contributed by atoms with Crippen LogP contribution < -0.4 is 20.1 Å². The standard InChI is InChI=1S/C23H31N3O4/c1-15-9-16(2)23(17(3)10-15)25-21(27)12-24-22(28)14-26(4)13-18-7-8-19(29-5)11-20(18)30-6/h7-11H,12-14H2,1-6H3,(H,24,28)(H,25,27). The second-order valence-corrected chi connectivity index (χ2v) is 7.45. The Bertz CT molecular complexity index is 888. The minimum Gasteiger partial charge on any atom is -0.497 e. The van der Waals surface area contributed by atoms with Gasteiger partial charge in [0.05, 0.1) is 27.3 Å². The monoisotopic (exact) mass is 413 g/mol. The highest BCUT2D eigenvalue weighted by molar-refractivity contribution is 5.96. The number of ether oxygens (including phenoxy) is 2. The van der Waals surface area contributed by atoms with Crippen molar-refractivity contribution in [3.05, 3.63) is 52.6 Å². The molecule has 0 radical (unpaired) electrons. The van der Waals surface area contributed by atoms with Crippen LogP contribution in [-0.4, -0.2) is 51.1 Å². The van der Waals surface area contributed by atoms with E-state index >= 15 is 0 Å². The lowest BCUT2D eigenvalue weighted by molar-refractivity contribution is -0.124. The van der Waals surface area contributed by atoms with Crippen LogP contribution in [0, 0.1) is 20.8 Å². The van der Waals surface area contributed by atoms with Crippen molar-refractivity contribution < 1.29 is 19.1 Å². The molecular formula is C23H31N3O4. The summed E-state index contributed by atoms with van der Waals surface area (Å²) in [5.41, 5.74) is 4.88. The minimum absolute atomic E-state index is 0.0781. The van der Waals surface area contributed by atoms with Crippen LogP contribution in [0.1, 0.15) is 22.3 Å². The largest absolute Gasteiger partial charge is 0.497 e. The quantitative estimate of drug-likeness (QED) is 0.661. The molecule has 2 N–H and O–H groups in total. The Morgan fingerprint density at radius 2 is 1.63 bits per heavy atom. The van der Waals surface area contributed by atoms with Gasteiger partial charge in [0.2, 0.25) is 11.8 Å². The predicted octanol–water partition coefficient (Wildman–Crippen LogP) is 2.82. The summed E-state index contributed by atoms with van der Waals surface area (Å²) >= 11 is 0. The zero-order valence-electron chi connectivity index (χ0n) is 18.6. The van der Waals surface area contributed by atoms with E-state index in [2.05, 4.69) is 10.6 Å². The highest BCUT2D eigenvalue weighted by Crippen LogP contribution is 2.25. The maximum atomic E-state index is 12.3. The third kappa shape index (κ3) is 6.49. The number of aryl methyl sites for hydroxylation is 3. The van der Waals surface area contributed by atoms with Crippen LogP contribution in [0.2, 0.25) is 0 Å². The zero-order chi connectivity index (χ0) is 22.3. The van der Waals surface area contributed by atoms with Gasteiger partial charge in [-0.05, 0) is 45.0 Å². The maximum absolute atomic E-state index is 12.3. The molecule has 0 bridgehead atoms. The van der Waals surface area contributed by atoms with E-state index in [1.54, 1.807) is 14.2 Å². The Labute approximate surface area is 178 Å². The van der Waals surface area contributed by atoms with Crippen molar-refractivity contribution in [3.8, 4) is 11.5 Å². The molecule has 0 saturated carbocycles. The number of anilines is 1. The summed E-state index contributed by atoms with van der Waals surface area (Å²) in [6.07, 6.45) is 0. The summed E-state index contributed by atoms with van der Waals surface area (Å²) in [5.74, 6) is 0.932. The molecule has 7 heteroatoms. The van der Waals surface area contributed by atoms with E-state index in [0.29, 0.717) is 18.0 Å². The number of nitrogens with zero attached hydrogens (tertiary/aromatic N) is 1. The highest BCUT2D eigenvalue weighted by Gasteiger charge is 2.13. The molecule has 0 saturated heterocycles. The average Bonchev–Trinajstić information content (AvgIpc) is 2.69. The van der Waals surface area contributed by atoms with Gasteiger partial charge in [-0.25, -0.2) is 0 Å². The molecule has 2 aromatic carbocycles. The van der Waals surface area contributed by atoms with Crippen LogP contribution in [0.15, 0.2) is 30.3 Å². The van der Waals surface area contributed by atoms with Crippen molar-refractivity contribution in [2.75, 3.05) is 39.7 Å². The Hall–Kier alpha value is -3.06. The molecule has 0 aliphatic heterocycles. The number of amides is 2. The lowest BCUT2D eigenvalue weighted by atomic mass is 10.1. The van der Waals surface area contributed by atoms with Crippen LogP contribution >= 0.6 is 0 Å². The number of benzene rings is 2. The van der Waals surface area contributed by atoms with Crippen LogP contribution in [0.25, 0.3) is 0 Å². The van der Waals surface area contributed by atoms with Crippen LogP contribution in [0.5, 0.6) is 11.5 Å². The van der Waals surface area contributed by atoms with Gasteiger partial charge in [-0.3, -0.25) is 14.5 Å². The molecule has 0 unspecified atom stereocenters. The second kappa shape index (κ2) is 10.6. The normalized spacial score (nSPS) is 10.6. The van der Waals surface area contributed by atoms with Gasteiger partial charge in [-0.15, -0.1) is 0 Å². The number of likely N-dealkylation sites (N-methyl/N-ethyl adjacent to an activating group) is 1. The van der Waals surface area contributed by atoms with Crippen molar-refractivity contribution in [2.24, 2.45) is 0 Å². The Kier molecular flexibility index (Phi) is 8.24. The fourth-order valence-electron chi connectivity index (χ4n) is 3.37. The van der Waals surface area contributed by atoms with E-state index in [-0.39, 0.29) is 24.9 Å². The summed E-state index contributed by atoms with van der Waals surface area (Å²) in [6.45, 7) is 6.53. The SMILES string of the molecule is COc1ccc(CN(C)CC(=O)NCC(=O)Nc2c(C)cc(C)cc2C)c(OC)c1. The van der Waals surface area contributed by atoms with Gasteiger partial charge in [0.25, 0.3) is 0 Å². The van der Waals surface area contributed by atoms with E-state index in [0.717, 1.165) is 27.9 Å². The molecule has 0 spiro atoms. The molecule has 7 nitrogen and oxygen atoms in total. The molecule has 0 aliphatic carbocycles. The van der Waals surface area contributed by atoms with Crippen LogP contribution in [-0.2, 0) is 16.1 Å². The smallest absolute Gasteiger partial charge is 0.243 e. The predicted molar refractivity (Wildman–Crippen MR) is 118 cm³/mol. The van der Waals surface area contributed by atoms with Crippen LogP contribution in [0.3, 0.4) is 0 Å². The molecule has 0 fully saturated rings. The summed E-state index contributed by atoms with van der Waals surface area (Å²) in [6, 6.07) is 9.60. The van der Waals surface area contributed by atoms with E-state index in [9.17, 15) is 9.59 Å². The first-order chi connectivity index (χ1) is 14.2. The Morgan fingerprint density at radius 3 is 2.23 bits per heavy atom. The van der Waals surface area contributed by atoms with Gasteiger partial charge in [0.1, 0.15) is 11.5 Å². The van der Waals surface area contributed by atoms with E-state index in [1.807, 2.05) is 63.1 Å². The van der Waals surface area contributed by atoms with E-state index in [4.69, 9.17) is 9.47 Å². The minimum atomic E-state index is -0.252. The molecule has 2 aromatic rings. The van der Waals surface area contributed by atoms with Crippen LogP contribution in [0.4, 0.5) is 5.69 Å². The number of nitrogens with one attached hydrogen (secondary N) is 2. The van der Waals surface area contributed by atoms with Gasteiger partial charge in [0.15, 0.2) is 0 Å². The first kappa shape index (κ1) is 23.2. The number of rotatable bonds is 9. The fourth-order valence-corrected chi connectivity index (χ4v) is 3.37. The van der Waals surface area contributed by atoms with Gasteiger partial charge in [0, 0.05) is 23.9 Å². The molecule has 2 amide bonds. The zero-order valence-corrected chi connectivity index (χ0v) is 18.6.